The van der Waals surface area contributed by atoms with Crippen molar-refractivity contribution in [1.82, 2.24) is 9.97 Å². The summed E-state index contributed by atoms with van der Waals surface area (Å²) in [7, 11) is 0. The molecule has 0 bridgehead atoms. The maximum Gasteiger partial charge on any atom is 0.234 e. The Balaban J connectivity index is 1.73. The van der Waals surface area contributed by atoms with Gasteiger partial charge in [0.05, 0.1) is 31.7 Å². The van der Waals surface area contributed by atoms with E-state index >= 15 is 0 Å². The average molecular weight is 321 g/mol. The van der Waals surface area contributed by atoms with Crippen LogP contribution in [0.25, 0.3) is 0 Å². The normalized spacial score (nSPS) is 28.3. The molecule has 2 aliphatic heterocycles. The van der Waals surface area contributed by atoms with Crippen LogP contribution >= 0.6 is 0 Å². The highest BCUT2D eigenvalue weighted by atomic mass is 16.5. The third-order valence-corrected chi connectivity index (χ3v) is 4.61. The van der Waals surface area contributed by atoms with Gasteiger partial charge in [0.1, 0.15) is 0 Å². The van der Waals surface area contributed by atoms with E-state index in [4.69, 9.17) is 9.47 Å². The maximum absolute atomic E-state index is 10.3. The molecule has 0 spiro atoms. The smallest absolute Gasteiger partial charge is 0.234 e. The third kappa shape index (κ3) is 3.93. The van der Waals surface area contributed by atoms with Crippen LogP contribution in [0, 0.1) is 11.8 Å². The Morgan fingerprint density at radius 2 is 2.26 bits per heavy atom. The van der Waals surface area contributed by atoms with Gasteiger partial charge in [-0.1, -0.05) is 13.8 Å². The van der Waals surface area contributed by atoms with Crippen molar-refractivity contribution >= 4 is 5.82 Å². The van der Waals surface area contributed by atoms with Crippen molar-refractivity contribution in [3.63, 3.8) is 0 Å². The fourth-order valence-corrected chi connectivity index (χ4v) is 3.44. The lowest BCUT2D eigenvalue weighted by molar-refractivity contribution is -0.0438. The molecule has 0 unspecified atom stereocenters. The van der Waals surface area contributed by atoms with E-state index in [9.17, 15) is 5.11 Å². The minimum atomic E-state index is -0.289. The fourth-order valence-electron chi connectivity index (χ4n) is 3.44. The van der Waals surface area contributed by atoms with Crippen molar-refractivity contribution in [2.45, 2.75) is 45.3 Å². The maximum atomic E-state index is 10.3. The van der Waals surface area contributed by atoms with Gasteiger partial charge < -0.3 is 19.5 Å². The molecule has 0 aromatic carbocycles. The molecular formula is C17H27N3O3. The van der Waals surface area contributed by atoms with Crippen LogP contribution in [0.1, 0.15) is 33.1 Å². The summed E-state index contributed by atoms with van der Waals surface area (Å²) < 4.78 is 11.3. The molecule has 2 fully saturated rings. The van der Waals surface area contributed by atoms with Gasteiger partial charge in [0.25, 0.3) is 0 Å². The van der Waals surface area contributed by atoms with Crippen LogP contribution in [0.2, 0.25) is 0 Å². The van der Waals surface area contributed by atoms with E-state index in [-0.39, 0.29) is 18.1 Å². The Kier molecular flexibility index (Phi) is 5.33. The molecule has 3 heterocycles. The fraction of sp³-hybridized carbons (Fsp3) is 0.765. The van der Waals surface area contributed by atoms with Crippen molar-refractivity contribution in [3.05, 3.63) is 12.4 Å². The molecule has 2 aliphatic rings. The van der Waals surface area contributed by atoms with E-state index in [2.05, 4.69) is 28.7 Å². The highest BCUT2D eigenvalue weighted by Crippen LogP contribution is 2.33. The molecule has 6 heteroatoms. The highest BCUT2D eigenvalue weighted by molar-refractivity contribution is 5.41. The first-order valence-corrected chi connectivity index (χ1v) is 8.62. The van der Waals surface area contributed by atoms with Gasteiger partial charge in [-0.25, -0.2) is 0 Å². The summed E-state index contributed by atoms with van der Waals surface area (Å²) in [4.78, 5) is 11.2. The quantitative estimate of drug-likeness (QED) is 0.893. The number of aromatic nitrogens is 2. The molecule has 1 N–H and O–H groups in total. The largest absolute Gasteiger partial charge is 0.476 e. The Bertz CT molecular complexity index is 512. The molecule has 0 amide bonds. The van der Waals surface area contributed by atoms with Gasteiger partial charge in [0.2, 0.25) is 5.88 Å². The minimum absolute atomic E-state index is 0.147. The van der Waals surface area contributed by atoms with Gasteiger partial charge in [0, 0.05) is 25.1 Å². The molecule has 3 atom stereocenters. The van der Waals surface area contributed by atoms with E-state index in [1.807, 2.05) is 0 Å². The zero-order valence-electron chi connectivity index (χ0n) is 14.0. The van der Waals surface area contributed by atoms with Crippen LogP contribution in [-0.4, -0.2) is 53.6 Å². The van der Waals surface area contributed by atoms with Crippen molar-refractivity contribution in [2.75, 3.05) is 31.3 Å². The number of aliphatic hydroxyl groups is 1. The zero-order valence-corrected chi connectivity index (χ0v) is 14.0. The van der Waals surface area contributed by atoms with E-state index in [0.717, 1.165) is 31.6 Å². The molecule has 0 radical (unpaired) electrons. The number of aliphatic hydroxyl groups excluding tert-OH is 1. The second kappa shape index (κ2) is 7.45. The summed E-state index contributed by atoms with van der Waals surface area (Å²) in [5, 5.41) is 10.3. The molecule has 3 rings (SSSR count). The number of hydrogen-bond donors (Lipinski definition) is 1. The van der Waals surface area contributed by atoms with Gasteiger partial charge in [0.15, 0.2) is 5.82 Å². The summed E-state index contributed by atoms with van der Waals surface area (Å²) in [5.41, 5.74) is 0. The molecular weight excluding hydrogens is 294 g/mol. The minimum Gasteiger partial charge on any atom is -0.476 e. The van der Waals surface area contributed by atoms with Crippen molar-refractivity contribution < 1.29 is 14.6 Å². The summed E-state index contributed by atoms with van der Waals surface area (Å²) in [5.74, 6) is 2.01. The molecule has 1 aromatic heterocycles. The number of nitrogens with zero attached hydrogens (tertiary/aromatic N) is 3. The topological polar surface area (TPSA) is 67.7 Å². The number of rotatable bonds is 5. The third-order valence-electron chi connectivity index (χ3n) is 4.61. The van der Waals surface area contributed by atoms with Crippen molar-refractivity contribution in [3.8, 4) is 5.88 Å². The molecule has 128 valence electrons. The predicted molar refractivity (Wildman–Crippen MR) is 87.7 cm³/mol. The number of anilines is 1. The van der Waals surface area contributed by atoms with Crippen LogP contribution in [-0.2, 0) is 4.74 Å². The first-order valence-electron chi connectivity index (χ1n) is 8.62. The first-order chi connectivity index (χ1) is 11.1. The van der Waals surface area contributed by atoms with Gasteiger partial charge in [-0.05, 0) is 25.2 Å². The summed E-state index contributed by atoms with van der Waals surface area (Å²) in [6.45, 7) is 7.07. The van der Waals surface area contributed by atoms with Crippen LogP contribution < -0.4 is 9.64 Å². The molecule has 0 saturated carbocycles. The lowest BCUT2D eigenvalue weighted by Crippen LogP contribution is -2.46. The molecule has 6 nitrogen and oxygen atoms in total. The van der Waals surface area contributed by atoms with Crippen molar-refractivity contribution in [1.29, 1.82) is 0 Å². The van der Waals surface area contributed by atoms with E-state index in [1.165, 1.54) is 0 Å². The average Bonchev–Trinajstić information content (AvgIpc) is 3.03. The van der Waals surface area contributed by atoms with Gasteiger partial charge >= 0.3 is 0 Å². The standard InChI is InChI=1S/C17H27N3O3/c1-12(2)10-23-17-9-18-8-16(19-17)20-6-3-4-14(20)13-11-22-7-5-15(13)21/h8-9,12-15,21H,3-7,10-11H2,1-2H3/t13-,14-,15-/m1/s1. The van der Waals surface area contributed by atoms with E-state index in [0.29, 0.717) is 31.6 Å². The SMILES string of the molecule is CC(C)COc1cncc(N2CCC[C@@H]2[C@H]2COCC[C@H]2O)n1. The monoisotopic (exact) mass is 321 g/mol. The second-order valence-electron chi connectivity index (χ2n) is 6.92. The van der Waals surface area contributed by atoms with Crippen LogP contribution in [0.3, 0.4) is 0 Å². The zero-order chi connectivity index (χ0) is 16.2. The van der Waals surface area contributed by atoms with Gasteiger partial charge in [-0.15, -0.1) is 0 Å². The summed E-state index contributed by atoms with van der Waals surface area (Å²) in [6, 6.07) is 0.264. The molecule has 23 heavy (non-hydrogen) atoms. The Labute approximate surface area is 137 Å². The van der Waals surface area contributed by atoms with E-state index < -0.39 is 0 Å². The summed E-state index contributed by atoms with van der Waals surface area (Å²) >= 11 is 0. The van der Waals surface area contributed by atoms with Crippen LogP contribution in [0.5, 0.6) is 5.88 Å². The van der Waals surface area contributed by atoms with Crippen molar-refractivity contribution in [2.24, 2.45) is 11.8 Å². The van der Waals surface area contributed by atoms with E-state index in [1.54, 1.807) is 12.4 Å². The number of ether oxygens (including phenoxy) is 2. The van der Waals surface area contributed by atoms with Crippen LogP contribution in [0.4, 0.5) is 5.82 Å². The predicted octanol–water partition coefficient (Wildman–Crippen LogP) is 1.88. The Morgan fingerprint density at radius 1 is 1.39 bits per heavy atom. The summed E-state index contributed by atoms with van der Waals surface area (Å²) in [6.07, 6.45) is 6.05. The van der Waals surface area contributed by atoms with Gasteiger partial charge in [-0.2, -0.15) is 4.98 Å². The highest BCUT2D eigenvalue weighted by Gasteiger charge is 2.38. The second-order valence-corrected chi connectivity index (χ2v) is 6.92. The lowest BCUT2D eigenvalue weighted by Gasteiger charge is -2.37. The van der Waals surface area contributed by atoms with Gasteiger partial charge in [-0.3, -0.25) is 4.98 Å². The lowest BCUT2D eigenvalue weighted by atomic mass is 9.89. The Hall–Kier alpha value is -1.40. The Morgan fingerprint density at radius 3 is 3.04 bits per heavy atom. The molecule has 1 aromatic rings. The molecule has 2 saturated heterocycles. The number of hydrogen-bond acceptors (Lipinski definition) is 6. The van der Waals surface area contributed by atoms with Crippen LogP contribution in [0.15, 0.2) is 12.4 Å². The molecule has 0 aliphatic carbocycles. The first kappa shape index (κ1) is 16.5.